The van der Waals surface area contributed by atoms with E-state index in [1.165, 1.54) is 49.6 Å². The third-order valence-corrected chi connectivity index (χ3v) is 7.49. The lowest BCUT2D eigenvalue weighted by Crippen LogP contribution is -2.31. The van der Waals surface area contributed by atoms with Crippen molar-refractivity contribution in [3.63, 3.8) is 0 Å². The summed E-state index contributed by atoms with van der Waals surface area (Å²) in [5.41, 5.74) is 8.97. The maximum Gasteiger partial charge on any atom is 0.0632 e. The van der Waals surface area contributed by atoms with Gasteiger partial charge in [0.1, 0.15) is 0 Å². The summed E-state index contributed by atoms with van der Waals surface area (Å²) < 4.78 is 2.60. The van der Waals surface area contributed by atoms with Gasteiger partial charge in [0, 0.05) is 21.8 Å². The van der Waals surface area contributed by atoms with Crippen LogP contribution >= 0.6 is 0 Å². The molecule has 34 heavy (non-hydrogen) atoms. The van der Waals surface area contributed by atoms with E-state index in [2.05, 4.69) is 135 Å². The second-order valence-corrected chi connectivity index (χ2v) is 9.53. The van der Waals surface area contributed by atoms with Gasteiger partial charge in [0.25, 0.3) is 0 Å². The summed E-state index contributed by atoms with van der Waals surface area (Å²) in [6.45, 7) is 9.14. The number of benzene rings is 4. The van der Waals surface area contributed by atoms with Gasteiger partial charge in [-0.3, -0.25) is 0 Å². The smallest absolute Gasteiger partial charge is 0.0632 e. The van der Waals surface area contributed by atoms with E-state index in [1.54, 1.807) is 0 Å². The van der Waals surface area contributed by atoms with E-state index in [1.807, 2.05) is 0 Å². The van der Waals surface area contributed by atoms with E-state index in [0.29, 0.717) is 0 Å². The summed E-state index contributed by atoms with van der Waals surface area (Å²) in [4.78, 5) is 0. The fourth-order valence-electron chi connectivity index (χ4n) is 5.46. The van der Waals surface area contributed by atoms with Crippen LogP contribution in [0.25, 0.3) is 44.1 Å². The zero-order valence-corrected chi connectivity index (χ0v) is 20.7. The van der Waals surface area contributed by atoms with Crippen molar-refractivity contribution in [1.29, 1.82) is 0 Å². The molecule has 0 aliphatic heterocycles. The van der Waals surface area contributed by atoms with Crippen molar-refractivity contribution in [3.8, 4) is 22.3 Å². The van der Waals surface area contributed by atoms with Crippen LogP contribution in [0.4, 0.5) is 0 Å². The maximum atomic E-state index is 2.60. The van der Waals surface area contributed by atoms with E-state index in [9.17, 15) is 0 Å². The van der Waals surface area contributed by atoms with Crippen LogP contribution in [0.3, 0.4) is 0 Å². The highest BCUT2D eigenvalue weighted by atomic mass is 15.1. The number of hydrogen-bond acceptors (Lipinski definition) is 0. The molecule has 5 rings (SSSR count). The lowest BCUT2D eigenvalue weighted by Gasteiger charge is -2.35. The van der Waals surface area contributed by atoms with Gasteiger partial charge in [-0.2, -0.15) is 0 Å². The molecule has 1 unspecified atom stereocenters. The van der Waals surface area contributed by atoms with Crippen molar-refractivity contribution >= 4 is 21.8 Å². The first-order valence-electron chi connectivity index (χ1n) is 12.4. The molecule has 1 heteroatoms. The lowest BCUT2D eigenvalue weighted by molar-refractivity contribution is 0.370. The van der Waals surface area contributed by atoms with Crippen LogP contribution in [-0.4, -0.2) is 4.57 Å². The first kappa shape index (κ1) is 22.2. The fraction of sp³-hybridized carbons (Fsp3) is 0.212. The van der Waals surface area contributed by atoms with Gasteiger partial charge < -0.3 is 4.57 Å². The second-order valence-electron chi connectivity index (χ2n) is 9.53. The van der Waals surface area contributed by atoms with Crippen molar-refractivity contribution < 1.29 is 0 Å². The van der Waals surface area contributed by atoms with Crippen LogP contribution in [0, 0.1) is 0 Å². The van der Waals surface area contributed by atoms with E-state index < -0.39 is 0 Å². The van der Waals surface area contributed by atoms with Crippen molar-refractivity contribution in [3.05, 3.63) is 109 Å². The maximum absolute atomic E-state index is 2.60. The first-order valence-corrected chi connectivity index (χ1v) is 12.4. The Bertz CT molecular complexity index is 1370. The van der Waals surface area contributed by atoms with Crippen molar-refractivity contribution in [2.45, 2.75) is 46.1 Å². The molecular formula is C33H33N. The standard InChI is InChI=1S/C33H33N/c1-5-21-33(4,24(3)6-2)34-31-19-17-27(25-13-9-7-10-14-25)22-29(31)30-23-28(18-20-32(30)34)26-15-11-8-12-16-26/h6-20,22-23H,5,21H2,1-4H3/b24-6-. The molecule has 0 bridgehead atoms. The molecule has 1 atom stereocenters. The minimum absolute atomic E-state index is 0.0774. The molecule has 0 amide bonds. The van der Waals surface area contributed by atoms with Gasteiger partial charge in [-0.25, -0.2) is 0 Å². The molecule has 0 saturated heterocycles. The van der Waals surface area contributed by atoms with Crippen molar-refractivity contribution in [2.24, 2.45) is 0 Å². The van der Waals surface area contributed by atoms with Crippen molar-refractivity contribution in [1.82, 2.24) is 4.57 Å². The summed E-state index contributed by atoms with van der Waals surface area (Å²) in [6, 6.07) is 35.4. The molecule has 0 aliphatic rings. The molecule has 0 N–H and O–H groups in total. The highest BCUT2D eigenvalue weighted by molar-refractivity contribution is 6.11. The molecule has 1 heterocycles. The average Bonchev–Trinajstić information content (AvgIpc) is 3.22. The number of allylic oxidation sites excluding steroid dienone is 2. The van der Waals surface area contributed by atoms with Crippen LogP contribution in [-0.2, 0) is 5.54 Å². The second kappa shape index (κ2) is 8.99. The molecule has 0 fully saturated rings. The van der Waals surface area contributed by atoms with Gasteiger partial charge >= 0.3 is 0 Å². The van der Waals surface area contributed by atoms with Crippen LogP contribution in [0.1, 0.15) is 40.5 Å². The highest BCUT2D eigenvalue weighted by Crippen LogP contribution is 2.42. The van der Waals surface area contributed by atoms with Gasteiger partial charge in [0.2, 0.25) is 0 Å². The summed E-state index contributed by atoms with van der Waals surface area (Å²) in [6.07, 6.45) is 4.51. The normalized spacial score (nSPS) is 13.9. The molecule has 0 radical (unpaired) electrons. The van der Waals surface area contributed by atoms with Gasteiger partial charge in [0.15, 0.2) is 0 Å². The Morgan fingerprint density at radius 2 is 1.18 bits per heavy atom. The minimum atomic E-state index is -0.0774. The molecule has 4 aromatic carbocycles. The average molecular weight is 444 g/mol. The molecule has 5 aromatic rings. The van der Waals surface area contributed by atoms with Crippen LogP contribution in [0.5, 0.6) is 0 Å². The zero-order valence-electron chi connectivity index (χ0n) is 20.7. The Kier molecular flexibility index (Phi) is 5.87. The van der Waals surface area contributed by atoms with E-state index in [4.69, 9.17) is 0 Å². The largest absolute Gasteiger partial charge is 0.331 e. The van der Waals surface area contributed by atoms with E-state index in [0.717, 1.165) is 12.8 Å². The van der Waals surface area contributed by atoms with Crippen molar-refractivity contribution in [2.75, 3.05) is 0 Å². The molecule has 0 spiro atoms. The first-order chi connectivity index (χ1) is 16.6. The minimum Gasteiger partial charge on any atom is -0.331 e. The Morgan fingerprint density at radius 1 is 0.706 bits per heavy atom. The Morgan fingerprint density at radius 3 is 1.59 bits per heavy atom. The number of fused-ring (bicyclic) bond motifs is 3. The topological polar surface area (TPSA) is 4.93 Å². The quantitative estimate of drug-likeness (QED) is 0.230. The Labute approximate surface area is 203 Å². The molecule has 170 valence electrons. The zero-order chi connectivity index (χ0) is 23.7. The van der Waals surface area contributed by atoms with Gasteiger partial charge in [-0.05, 0) is 73.7 Å². The summed E-state index contributed by atoms with van der Waals surface area (Å²) in [7, 11) is 0. The van der Waals surface area contributed by atoms with Gasteiger partial charge in [-0.15, -0.1) is 0 Å². The number of nitrogens with zero attached hydrogens (tertiary/aromatic N) is 1. The van der Waals surface area contributed by atoms with Crippen LogP contribution < -0.4 is 0 Å². The molecule has 1 aromatic heterocycles. The van der Waals surface area contributed by atoms with E-state index in [-0.39, 0.29) is 5.54 Å². The van der Waals surface area contributed by atoms with E-state index >= 15 is 0 Å². The van der Waals surface area contributed by atoms with Gasteiger partial charge in [-0.1, -0.05) is 97.8 Å². The molecule has 1 nitrogen and oxygen atoms in total. The Hall–Kier alpha value is -3.58. The molecular weight excluding hydrogens is 410 g/mol. The predicted octanol–water partition coefficient (Wildman–Crippen LogP) is 9.61. The molecule has 0 aliphatic carbocycles. The fourth-order valence-corrected chi connectivity index (χ4v) is 5.46. The predicted molar refractivity (Wildman–Crippen MR) is 148 cm³/mol. The SMILES string of the molecule is C/C=C(/C)C(C)(CCC)n1c2ccc(-c3ccccc3)cc2c2cc(-c3ccccc3)ccc21. The van der Waals surface area contributed by atoms with Crippen LogP contribution in [0.2, 0.25) is 0 Å². The number of aromatic nitrogens is 1. The van der Waals surface area contributed by atoms with Gasteiger partial charge in [0.05, 0.1) is 5.54 Å². The summed E-state index contributed by atoms with van der Waals surface area (Å²) >= 11 is 0. The molecule has 0 saturated carbocycles. The number of rotatable bonds is 6. The lowest BCUT2D eigenvalue weighted by atomic mass is 9.87. The Balaban J connectivity index is 1.85. The summed E-state index contributed by atoms with van der Waals surface area (Å²) in [5, 5.41) is 2.64. The third kappa shape index (κ3) is 3.66. The monoisotopic (exact) mass is 443 g/mol. The highest BCUT2D eigenvalue weighted by Gasteiger charge is 2.30. The summed E-state index contributed by atoms with van der Waals surface area (Å²) in [5.74, 6) is 0. The number of hydrogen-bond donors (Lipinski definition) is 0. The van der Waals surface area contributed by atoms with Crippen LogP contribution in [0.15, 0.2) is 109 Å². The third-order valence-electron chi connectivity index (χ3n) is 7.49.